The van der Waals surface area contributed by atoms with Gasteiger partial charge in [0.1, 0.15) is 0 Å². The summed E-state index contributed by atoms with van der Waals surface area (Å²) in [6.45, 7) is 10.1. The summed E-state index contributed by atoms with van der Waals surface area (Å²) in [5.74, 6) is 2.12. The number of thiazole rings is 1. The van der Waals surface area contributed by atoms with E-state index in [2.05, 4.69) is 49.2 Å². The Bertz CT molecular complexity index is 987. The largest absolute Gasteiger partial charge is 0.447 e. The number of nitrogens with zero attached hydrogens (tertiary/aromatic N) is 1. The van der Waals surface area contributed by atoms with Crippen LogP contribution in [0.4, 0.5) is 10.5 Å². The fraction of sp³-hybridized carbons (Fsp3) is 0.615. The Labute approximate surface area is 212 Å². The molecule has 2 atom stereocenters. The number of hydrogen-bond donors (Lipinski definition) is 3. The molecule has 2 aliphatic rings. The molecule has 4 rings (SSSR count). The predicted molar refractivity (Wildman–Crippen MR) is 143 cm³/mol. The van der Waals surface area contributed by atoms with Gasteiger partial charge in [-0.2, -0.15) is 0 Å². The second kappa shape index (κ2) is 10.6. The molecule has 0 radical (unpaired) electrons. The summed E-state index contributed by atoms with van der Waals surface area (Å²) in [7, 11) is 2.11. The molecule has 0 aliphatic heterocycles. The first kappa shape index (κ1) is 25.5. The number of aromatic nitrogens is 1. The molecule has 34 heavy (non-hydrogen) atoms. The van der Waals surface area contributed by atoms with Crippen molar-refractivity contribution in [3.63, 3.8) is 0 Å². The summed E-state index contributed by atoms with van der Waals surface area (Å²) in [6.07, 6.45) is 6.60. The Kier molecular flexibility index (Phi) is 7.92. The van der Waals surface area contributed by atoms with Crippen LogP contribution in [0.15, 0.2) is 29.3 Å². The number of rotatable bonds is 7. The van der Waals surface area contributed by atoms with Crippen molar-refractivity contribution in [3.05, 3.63) is 29.4 Å². The highest BCUT2D eigenvalue weighted by Gasteiger charge is 2.42. The molecule has 2 saturated carbocycles. The maximum atomic E-state index is 12.1. The van der Waals surface area contributed by atoms with E-state index in [1.807, 2.05) is 43.5 Å². The lowest BCUT2D eigenvalue weighted by molar-refractivity contribution is 0.130. The number of carbonyl (C=O) groups excluding carboxylic acids is 1. The van der Waals surface area contributed by atoms with Crippen LogP contribution in [0.25, 0.3) is 10.4 Å². The highest BCUT2D eigenvalue weighted by atomic mass is 32.2. The topological polar surface area (TPSA) is 75.3 Å². The maximum absolute atomic E-state index is 12.1. The number of hydrogen-bond acceptors (Lipinski definition) is 7. The molecule has 0 saturated heterocycles. The van der Waals surface area contributed by atoms with Crippen LogP contribution in [0.3, 0.4) is 0 Å². The van der Waals surface area contributed by atoms with Crippen LogP contribution in [0.5, 0.6) is 0 Å². The molecule has 0 spiro atoms. The third-order valence-corrected chi connectivity index (χ3v) is 9.07. The molecule has 1 heterocycles. The van der Waals surface area contributed by atoms with Gasteiger partial charge >= 0.3 is 6.09 Å². The average Bonchev–Trinajstić information content (AvgIpc) is 3.33. The zero-order valence-electron chi connectivity index (χ0n) is 21.1. The first-order valence-corrected chi connectivity index (χ1v) is 14.0. The lowest BCUT2D eigenvalue weighted by atomic mass is 9.77. The van der Waals surface area contributed by atoms with Gasteiger partial charge in [0.2, 0.25) is 0 Å². The molecule has 1 aromatic carbocycles. The van der Waals surface area contributed by atoms with Crippen LogP contribution in [0, 0.1) is 11.8 Å². The molecular weight excluding hydrogens is 464 g/mol. The van der Waals surface area contributed by atoms with Gasteiger partial charge in [0.15, 0.2) is 0 Å². The Morgan fingerprint density at radius 1 is 1.21 bits per heavy atom. The van der Waals surface area contributed by atoms with Crippen molar-refractivity contribution < 1.29 is 9.53 Å². The first-order chi connectivity index (χ1) is 16.1. The molecule has 2 aromatic rings. The number of benzene rings is 1. The molecule has 2 fully saturated rings. The summed E-state index contributed by atoms with van der Waals surface area (Å²) >= 11 is 3.42. The Morgan fingerprint density at radius 2 is 1.91 bits per heavy atom. The molecular formula is C26H38N4O2S2. The summed E-state index contributed by atoms with van der Waals surface area (Å²) < 4.78 is 8.76. The zero-order chi connectivity index (χ0) is 24.5. The van der Waals surface area contributed by atoms with E-state index in [1.54, 1.807) is 11.9 Å². The molecule has 6 nitrogen and oxygen atoms in total. The van der Waals surface area contributed by atoms with E-state index in [0.29, 0.717) is 12.0 Å². The van der Waals surface area contributed by atoms with E-state index in [0.717, 1.165) is 28.0 Å². The van der Waals surface area contributed by atoms with Gasteiger partial charge in [-0.05, 0) is 103 Å². The highest BCUT2D eigenvalue weighted by Crippen LogP contribution is 2.49. The van der Waals surface area contributed by atoms with Crippen LogP contribution in [0.2, 0.25) is 0 Å². The normalized spacial score (nSPS) is 24.4. The van der Waals surface area contributed by atoms with Crippen LogP contribution in [0.1, 0.15) is 71.2 Å². The van der Waals surface area contributed by atoms with Gasteiger partial charge in [-0.25, -0.2) is 9.78 Å². The van der Waals surface area contributed by atoms with Crippen molar-refractivity contribution in [2.75, 3.05) is 12.4 Å². The molecule has 1 amide bonds. The average molecular weight is 503 g/mol. The van der Waals surface area contributed by atoms with Crippen LogP contribution < -0.4 is 15.4 Å². The van der Waals surface area contributed by atoms with Crippen LogP contribution in [-0.4, -0.2) is 35.8 Å². The van der Waals surface area contributed by atoms with Crippen LogP contribution in [-0.2, 0) is 4.74 Å². The molecule has 8 heteroatoms. The monoisotopic (exact) mass is 502 g/mol. The summed E-state index contributed by atoms with van der Waals surface area (Å²) in [5.41, 5.74) is 1.81. The second-order valence-electron chi connectivity index (χ2n) is 10.9. The van der Waals surface area contributed by atoms with Gasteiger partial charge in [0, 0.05) is 39.8 Å². The number of anilines is 1. The van der Waals surface area contributed by atoms with E-state index in [9.17, 15) is 4.79 Å². The van der Waals surface area contributed by atoms with Crippen LogP contribution >= 0.6 is 23.3 Å². The summed E-state index contributed by atoms with van der Waals surface area (Å²) in [4.78, 5) is 19.3. The number of carbonyl (C=O) groups is 1. The predicted octanol–water partition coefficient (Wildman–Crippen LogP) is 6.65. The van der Waals surface area contributed by atoms with Gasteiger partial charge < -0.3 is 10.1 Å². The minimum absolute atomic E-state index is 0.0496. The van der Waals surface area contributed by atoms with E-state index in [1.165, 1.54) is 35.6 Å². The third-order valence-electron chi connectivity index (χ3n) is 6.61. The van der Waals surface area contributed by atoms with Crippen molar-refractivity contribution in [2.45, 2.75) is 88.8 Å². The zero-order valence-corrected chi connectivity index (χ0v) is 22.7. The van der Waals surface area contributed by atoms with Gasteiger partial charge in [0.05, 0.1) is 16.0 Å². The third kappa shape index (κ3) is 6.14. The van der Waals surface area contributed by atoms with Gasteiger partial charge in [-0.15, -0.1) is 11.3 Å². The minimum Gasteiger partial charge on any atom is -0.447 e. The van der Waals surface area contributed by atoms with Crippen molar-refractivity contribution >= 4 is 35.1 Å². The fourth-order valence-electron chi connectivity index (χ4n) is 5.26. The molecule has 1 aromatic heterocycles. The molecule has 2 bridgehead atoms. The lowest BCUT2D eigenvalue weighted by Crippen LogP contribution is -2.39. The highest BCUT2D eigenvalue weighted by molar-refractivity contribution is 7.97. The van der Waals surface area contributed by atoms with Gasteiger partial charge in [-0.1, -0.05) is 6.07 Å². The summed E-state index contributed by atoms with van der Waals surface area (Å²) in [5, 5.41) is 7.69. The van der Waals surface area contributed by atoms with Crippen molar-refractivity contribution in [2.24, 2.45) is 11.8 Å². The number of amides is 1. The Hall–Kier alpha value is -1.61. The van der Waals surface area contributed by atoms with E-state index in [-0.39, 0.29) is 11.6 Å². The lowest BCUT2D eigenvalue weighted by Gasteiger charge is -2.34. The van der Waals surface area contributed by atoms with Crippen molar-refractivity contribution in [1.29, 1.82) is 0 Å². The molecule has 3 N–H and O–H groups in total. The first-order valence-electron chi connectivity index (χ1n) is 12.3. The maximum Gasteiger partial charge on any atom is 0.411 e. The SMILES string of the molecule is CNC1C2CCC1CC(c1ncc(-c3ccc(NC(=O)OC(C)C)cc3SNC(C)(C)C)s1)C2. The standard InChI is InChI=1S/C26H38N4O2S2/c1-15(2)32-25(31)29-19-9-10-20(21(13-19)34-30-26(3,4)5)22-14-28-24(33-22)18-11-16-7-8-17(12-18)23(16)27-6/h9-10,13-18,23,27,30H,7-8,11-12H2,1-6H3,(H,29,31). The molecule has 2 aliphatic carbocycles. The van der Waals surface area contributed by atoms with Gasteiger partial charge in [-0.3, -0.25) is 10.0 Å². The number of fused-ring (bicyclic) bond motifs is 2. The fourth-order valence-corrected chi connectivity index (χ4v) is 7.30. The Morgan fingerprint density at radius 3 is 2.53 bits per heavy atom. The number of nitrogens with one attached hydrogen (secondary N) is 3. The van der Waals surface area contributed by atoms with Crippen molar-refractivity contribution in [1.82, 2.24) is 15.0 Å². The molecule has 186 valence electrons. The summed E-state index contributed by atoms with van der Waals surface area (Å²) in [6, 6.07) is 6.72. The van der Waals surface area contributed by atoms with Crippen molar-refractivity contribution in [3.8, 4) is 10.4 Å². The smallest absolute Gasteiger partial charge is 0.411 e. The quantitative estimate of drug-likeness (QED) is 0.368. The number of ether oxygens (including phenoxy) is 1. The second-order valence-corrected chi connectivity index (χ2v) is 12.8. The van der Waals surface area contributed by atoms with Gasteiger partial charge in [0.25, 0.3) is 0 Å². The minimum atomic E-state index is -0.436. The van der Waals surface area contributed by atoms with E-state index < -0.39 is 6.09 Å². The van der Waals surface area contributed by atoms with E-state index in [4.69, 9.17) is 9.72 Å². The Balaban J connectivity index is 1.55. The molecule has 2 unspecified atom stereocenters. The van der Waals surface area contributed by atoms with E-state index >= 15 is 0 Å².